The molecule has 1 aliphatic carbocycles. The summed E-state index contributed by atoms with van der Waals surface area (Å²) in [6.45, 7) is 19.1. The molecule has 730 valence electrons. The number of cyclic esters (lactones) is 1. The Kier molecular flexibility index (Phi) is 44.3. The van der Waals surface area contributed by atoms with Crippen LogP contribution in [0.25, 0.3) is 32.0 Å². The van der Waals surface area contributed by atoms with Crippen molar-refractivity contribution < 1.29 is 86.5 Å². The quantitative estimate of drug-likeness (QED) is 0.00710. The Bertz CT molecular complexity index is 4950. The smallest absolute Gasteiger partial charge is 0.407 e. The van der Waals surface area contributed by atoms with Gasteiger partial charge in [0.25, 0.3) is 5.91 Å². The van der Waals surface area contributed by atoms with Gasteiger partial charge in [-0.25, -0.2) is 14.4 Å². The number of amides is 10. The summed E-state index contributed by atoms with van der Waals surface area (Å²) in [6, 6.07) is 30.7. The summed E-state index contributed by atoms with van der Waals surface area (Å²) in [4.78, 5) is 226. The first-order valence-corrected chi connectivity index (χ1v) is 48.6. The number of hydrogen-bond donors (Lipinski definition) is 6. The number of benzene rings is 5. The van der Waals surface area contributed by atoms with E-state index in [0.29, 0.717) is 55.3 Å². The molecule has 2 fully saturated rings. The number of likely N-dealkylation sites (N-methyl/N-ethyl adjacent to an activating group) is 4. The molecule has 3 aliphatic rings. The first-order valence-electron chi connectivity index (χ1n) is 46.3. The van der Waals surface area contributed by atoms with Gasteiger partial charge in [0.2, 0.25) is 47.3 Å². The van der Waals surface area contributed by atoms with Gasteiger partial charge in [-0.2, -0.15) is 0 Å². The third kappa shape index (κ3) is 34.0. The van der Waals surface area contributed by atoms with Crippen LogP contribution < -0.4 is 26.6 Å². The number of unbranched alkanes of at least 4 members (excludes halogenated alkanes) is 2. The van der Waals surface area contributed by atoms with Crippen LogP contribution in [-0.2, 0) is 95.9 Å². The van der Waals surface area contributed by atoms with E-state index in [1.54, 1.807) is 97.9 Å². The van der Waals surface area contributed by atoms with Gasteiger partial charge >= 0.3 is 18.0 Å². The average molecular weight is 1900 g/mol. The van der Waals surface area contributed by atoms with Crippen LogP contribution >= 0.6 is 21.6 Å². The third-order valence-electron chi connectivity index (χ3n) is 24.3. The summed E-state index contributed by atoms with van der Waals surface area (Å²) in [6.07, 6.45) is 0.855. The predicted molar refractivity (Wildman–Crippen MR) is 516 cm³/mol. The van der Waals surface area contributed by atoms with Crippen LogP contribution in [0.1, 0.15) is 193 Å². The SMILES string of the molecule is CC(C)C[C@@H]1NC(=O)[C@H](CCCCN=[N+]=[N-])CC(=O)[C@H](Cc2ccccc2)NC(=O)COC(=O)[C@@H]2CCCN2C(=O)[C@H](CSSC(C)(C)C)NC(=O)[C@H](Cc2ccccc2)CC(=O)[C@H](C)NC(=O)[C@H](C)N(C)C(=O)[C@H](Cc2ccccc2)N(C)C(=O)[C@H](C)CC(=O)[C@H](CC(C)C)N(C)C(=O)[C@H](C)N(C)C1=O.[N-]=[N+]=NCCCC[C@H](NC(=O)OCC1c2ccccc2-c2ccccc21)C(=O)O. The zero-order valence-corrected chi connectivity index (χ0v) is 81.8. The minimum atomic E-state index is -1.28. The lowest BCUT2D eigenvalue weighted by Crippen LogP contribution is -2.57. The van der Waals surface area contributed by atoms with Crippen molar-refractivity contribution in [2.45, 2.75) is 250 Å². The van der Waals surface area contributed by atoms with Gasteiger partial charge in [-0.15, -0.1) is 0 Å². The van der Waals surface area contributed by atoms with E-state index in [1.165, 1.54) is 95.0 Å². The molecule has 10 amide bonds. The number of hydrogen-bond acceptors (Lipinski definition) is 21. The molecule has 0 bridgehead atoms. The number of carboxylic acids is 1. The maximum absolute atomic E-state index is 15.0. The molecule has 2 heterocycles. The Morgan fingerprint density at radius 2 is 1.07 bits per heavy atom. The number of rotatable bonds is 27. The molecular weight excluding hydrogens is 1770 g/mol. The zero-order chi connectivity index (χ0) is 99.3. The minimum absolute atomic E-state index is 0.00166. The number of carbonyl (C=O) groups excluding carboxylic acids is 14. The van der Waals surface area contributed by atoms with E-state index in [0.717, 1.165) is 22.3 Å². The number of carbonyl (C=O) groups is 15. The molecule has 8 rings (SSSR count). The van der Waals surface area contributed by atoms with E-state index in [2.05, 4.69) is 46.6 Å². The number of azide groups is 2. The standard InChI is InChI=1S/C78H112N12O14S2.C21H22N4O4/c1-48(2)38-60-74(100)87(13)53(8)73(99)88(14)63(39-49(3)4)67(93)40-50(5)72(98)89(15)64(43-56-32-23-18-24-33-56)76(102)86(12)52(7)69(95)81-51(6)65(91)45-58(41-54-28-19-16-20-29-54)71(97)84-61(47-105-106-78(9,10)11)75(101)90-37-27-35-62(90)77(103)104-46-68(94)82-59(42-55-30-21-17-22-31-55)66(92)44-57(70(96)83-60)34-25-26-36-80-85-79;22-25-23-12-6-5-11-19(20(26)27)24-21(28)29-13-18-16-9-3-1-7-14(16)15-8-2-4-10-17(15)18/h16-24,28-33,48-53,57-64H,25-27,34-47H2,1-15H3,(H,81,95)(H,82,94)(H,83,96)(H,84,97);1-4,7-10,18-19H,5-6,11-13H2,(H,24,28)(H,26,27)/t50-,51+,52+,53+,57-,58-,59+,60+,61+,62+,63+,64+;19-/m10/s1. The fourth-order valence-corrected chi connectivity index (χ4v) is 19.0. The molecule has 0 spiro atoms. The summed E-state index contributed by atoms with van der Waals surface area (Å²) < 4.78 is 10.8. The minimum Gasteiger partial charge on any atom is -0.480 e. The molecular formula is C99H134N16O18S2. The highest BCUT2D eigenvalue weighted by Gasteiger charge is 2.44. The van der Waals surface area contributed by atoms with Crippen LogP contribution in [0.15, 0.2) is 150 Å². The van der Waals surface area contributed by atoms with E-state index < -0.39 is 186 Å². The second-order valence-electron chi connectivity index (χ2n) is 36.8. The van der Waals surface area contributed by atoms with E-state index in [9.17, 15) is 77.0 Å². The lowest BCUT2D eigenvalue weighted by Gasteiger charge is -2.36. The molecule has 0 aromatic heterocycles. The van der Waals surface area contributed by atoms with Crippen molar-refractivity contribution in [3.63, 3.8) is 0 Å². The van der Waals surface area contributed by atoms with Crippen molar-refractivity contribution in [2.75, 3.05) is 66.8 Å². The number of fused-ring (bicyclic) bond motifs is 4. The van der Waals surface area contributed by atoms with Crippen LogP contribution in [0.4, 0.5) is 4.79 Å². The van der Waals surface area contributed by atoms with Gasteiger partial charge in [-0.05, 0) is 147 Å². The highest BCUT2D eigenvalue weighted by atomic mass is 33.1. The summed E-state index contributed by atoms with van der Waals surface area (Å²) in [5.41, 5.74) is 23.7. The van der Waals surface area contributed by atoms with Gasteiger partial charge in [-0.3, -0.25) is 57.5 Å². The van der Waals surface area contributed by atoms with Crippen LogP contribution in [0.5, 0.6) is 0 Å². The normalized spacial score (nSPS) is 22.8. The van der Waals surface area contributed by atoms with Gasteiger partial charge < -0.3 is 65.7 Å². The van der Waals surface area contributed by atoms with Crippen molar-refractivity contribution in [3.05, 3.63) is 188 Å². The summed E-state index contributed by atoms with van der Waals surface area (Å²) in [7, 11) is 8.51. The third-order valence-corrected chi connectivity index (χ3v) is 27.7. The van der Waals surface area contributed by atoms with Gasteiger partial charge in [0.05, 0.1) is 18.1 Å². The second kappa shape index (κ2) is 54.4. The number of carboxylic acid groups (broad SMARTS) is 1. The predicted octanol–water partition coefficient (Wildman–Crippen LogP) is 12.5. The van der Waals surface area contributed by atoms with Crippen LogP contribution in [-0.4, -0.2) is 250 Å². The van der Waals surface area contributed by atoms with Crippen molar-refractivity contribution in [1.29, 1.82) is 0 Å². The molecule has 6 N–H and O–H groups in total. The number of ketones is 3. The molecule has 0 unspecified atom stereocenters. The first-order chi connectivity index (χ1) is 64.1. The largest absolute Gasteiger partial charge is 0.480 e. The molecule has 36 heteroatoms. The monoisotopic (exact) mass is 1900 g/mol. The molecule has 5 aromatic carbocycles. The number of alkyl carbamates (subject to hydrolysis) is 1. The number of nitrogens with zero attached hydrogens (tertiary/aromatic N) is 11. The Hall–Kier alpha value is -12.1. The van der Waals surface area contributed by atoms with E-state index in [1.807, 2.05) is 97.0 Å². The Labute approximate surface area is 799 Å². The Balaban J connectivity index is 0.000000720. The van der Waals surface area contributed by atoms with Crippen LogP contribution in [0.3, 0.4) is 0 Å². The van der Waals surface area contributed by atoms with Gasteiger partial charge in [0.15, 0.2) is 24.0 Å². The summed E-state index contributed by atoms with van der Waals surface area (Å²) in [5, 5.41) is 30.0. The van der Waals surface area contributed by atoms with Crippen molar-refractivity contribution >= 4 is 110 Å². The van der Waals surface area contributed by atoms with Crippen LogP contribution in [0.2, 0.25) is 0 Å². The number of nitrogens with one attached hydrogen (secondary N) is 5. The number of esters is 1. The van der Waals surface area contributed by atoms with E-state index in [-0.39, 0.29) is 106 Å². The molecule has 135 heavy (non-hydrogen) atoms. The molecule has 13 atom stereocenters. The summed E-state index contributed by atoms with van der Waals surface area (Å²) in [5.74, 6) is -13.3. The molecule has 5 aromatic rings. The molecule has 0 saturated carbocycles. The van der Waals surface area contributed by atoms with E-state index >= 15 is 0 Å². The second-order valence-corrected chi connectivity index (χ2v) is 40.0. The highest BCUT2D eigenvalue weighted by Crippen LogP contribution is 2.45. The lowest BCUT2D eigenvalue weighted by atomic mass is 9.90. The Morgan fingerprint density at radius 3 is 1.63 bits per heavy atom. The van der Waals surface area contributed by atoms with Crippen molar-refractivity contribution in [2.24, 2.45) is 39.8 Å². The van der Waals surface area contributed by atoms with Gasteiger partial charge in [-0.1, -0.05) is 240 Å². The molecule has 2 saturated heterocycles. The fraction of sp³-hybridized carbons (Fsp3) is 0.545. The van der Waals surface area contributed by atoms with Crippen molar-refractivity contribution in [1.82, 2.24) is 51.1 Å². The maximum atomic E-state index is 15.0. The molecule has 2 aliphatic heterocycles. The average Bonchev–Trinajstić information content (AvgIpc) is 1.61. The van der Waals surface area contributed by atoms with Gasteiger partial charge in [0, 0.05) is 118 Å². The first kappa shape index (κ1) is 110. The van der Waals surface area contributed by atoms with Gasteiger partial charge in [0.1, 0.15) is 48.9 Å². The lowest BCUT2D eigenvalue weighted by molar-refractivity contribution is -0.156. The van der Waals surface area contributed by atoms with E-state index in [4.69, 9.17) is 20.5 Å². The zero-order valence-electron chi connectivity index (χ0n) is 80.2. The number of aliphatic carboxylic acids is 1. The number of Topliss-reactive ketones (excluding diaryl/α,β-unsaturated/α-hetero) is 3. The Morgan fingerprint density at radius 1 is 0.548 bits per heavy atom. The maximum Gasteiger partial charge on any atom is 0.407 e. The fourth-order valence-electron chi connectivity index (χ4n) is 16.6. The molecule has 34 nitrogen and oxygen atoms in total. The van der Waals surface area contributed by atoms with Crippen molar-refractivity contribution in [3.8, 4) is 11.1 Å². The number of ether oxygens (including phenoxy) is 2. The molecule has 0 radical (unpaired) electrons. The highest BCUT2D eigenvalue weighted by molar-refractivity contribution is 8.77. The topological polar surface area (TPSA) is 469 Å². The van der Waals surface area contributed by atoms with Crippen LogP contribution in [0, 0.1) is 29.6 Å². The summed E-state index contributed by atoms with van der Waals surface area (Å²) >= 11 is 0.